The van der Waals surface area contributed by atoms with Crippen LogP contribution < -0.4 is 5.32 Å². The van der Waals surface area contributed by atoms with Gasteiger partial charge < -0.3 is 15.2 Å². The number of nitrogens with one attached hydrogen (secondary N) is 2. The number of likely N-dealkylation sites (N-methyl/N-ethyl adjacent to an activating group) is 1. The van der Waals surface area contributed by atoms with Crippen molar-refractivity contribution in [2.45, 2.75) is 18.8 Å². The van der Waals surface area contributed by atoms with Gasteiger partial charge >= 0.3 is 0 Å². The number of hydrogen-bond donors (Lipinski definition) is 2. The first-order valence-electron chi connectivity index (χ1n) is 7.15. The number of likely N-dealkylation sites (tertiary alicyclic amines) is 1. The zero-order valence-corrected chi connectivity index (χ0v) is 11.7. The third-order valence-electron chi connectivity index (χ3n) is 3.97. The van der Waals surface area contributed by atoms with Crippen LogP contribution in [0.2, 0.25) is 0 Å². The van der Waals surface area contributed by atoms with Crippen LogP contribution in [0.1, 0.15) is 24.6 Å². The normalized spacial score (nSPS) is 16.8. The maximum atomic E-state index is 11.8. The van der Waals surface area contributed by atoms with Crippen molar-refractivity contribution in [2.75, 3.05) is 26.7 Å². The highest BCUT2D eigenvalue weighted by atomic mass is 16.2. The maximum Gasteiger partial charge on any atom is 0.236 e. The molecule has 20 heavy (non-hydrogen) atoms. The number of carbonyl (C=O) groups is 1. The molecule has 1 aromatic carbocycles. The Bertz CT molecular complexity index is 566. The topological polar surface area (TPSA) is 61.0 Å². The first kappa shape index (κ1) is 13.1. The number of fused-ring (bicyclic) bond motifs is 1. The molecule has 3 rings (SSSR count). The molecule has 0 radical (unpaired) electrons. The molecule has 1 saturated heterocycles. The molecular weight excluding hydrogens is 252 g/mol. The van der Waals surface area contributed by atoms with Gasteiger partial charge in [0.1, 0.15) is 5.82 Å². The van der Waals surface area contributed by atoms with Crippen LogP contribution in [0.4, 0.5) is 0 Å². The molecule has 2 aromatic rings. The van der Waals surface area contributed by atoms with Crippen LogP contribution in [0.5, 0.6) is 0 Å². The number of aromatic amines is 1. The third-order valence-corrected chi connectivity index (χ3v) is 3.97. The summed E-state index contributed by atoms with van der Waals surface area (Å²) in [5, 5.41) is 2.92. The Kier molecular flexibility index (Phi) is 3.69. The number of para-hydroxylation sites is 2. The van der Waals surface area contributed by atoms with E-state index in [9.17, 15) is 4.79 Å². The summed E-state index contributed by atoms with van der Waals surface area (Å²) in [5.41, 5.74) is 2.12. The Morgan fingerprint density at radius 3 is 2.85 bits per heavy atom. The third kappa shape index (κ3) is 2.54. The van der Waals surface area contributed by atoms with Gasteiger partial charge in [0.15, 0.2) is 0 Å². The predicted octanol–water partition coefficient (Wildman–Crippen LogP) is 1.49. The SMILES string of the molecule is CNCC(=O)N1CCC(c2nc3ccccc3[nH]2)CC1. The highest BCUT2D eigenvalue weighted by Gasteiger charge is 2.25. The molecule has 5 nitrogen and oxygen atoms in total. The van der Waals surface area contributed by atoms with E-state index < -0.39 is 0 Å². The fourth-order valence-electron chi connectivity index (χ4n) is 2.83. The number of piperidine rings is 1. The standard InChI is InChI=1S/C15H20N4O/c1-16-10-14(20)19-8-6-11(7-9-19)15-17-12-4-2-3-5-13(12)18-15/h2-5,11,16H,6-10H2,1H3,(H,17,18). The molecule has 0 unspecified atom stereocenters. The number of carbonyl (C=O) groups excluding carboxylic acids is 1. The van der Waals surface area contributed by atoms with Crippen molar-refractivity contribution in [2.24, 2.45) is 0 Å². The number of H-pyrrole nitrogens is 1. The van der Waals surface area contributed by atoms with Gasteiger partial charge in [0, 0.05) is 19.0 Å². The van der Waals surface area contributed by atoms with Crippen LogP contribution in [0, 0.1) is 0 Å². The number of imidazole rings is 1. The second-order valence-electron chi connectivity index (χ2n) is 5.32. The molecule has 0 aliphatic carbocycles. The van der Waals surface area contributed by atoms with Crippen LogP contribution >= 0.6 is 0 Å². The average Bonchev–Trinajstić information content (AvgIpc) is 2.91. The van der Waals surface area contributed by atoms with Gasteiger partial charge in [-0.25, -0.2) is 4.98 Å². The molecule has 1 fully saturated rings. The first-order valence-corrected chi connectivity index (χ1v) is 7.15. The van der Waals surface area contributed by atoms with E-state index in [2.05, 4.69) is 21.4 Å². The second-order valence-corrected chi connectivity index (χ2v) is 5.32. The van der Waals surface area contributed by atoms with Gasteiger partial charge in [-0.05, 0) is 32.0 Å². The zero-order chi connectivity index (χ0) is 13.9. The molecule has 1 aliphatic heterocycles. The summed E-state index contributed by atoms with van der Waals surface area (Å²) in [6.45, 7) is 2.07. The molecule has 2 N–H and O–H groups in total. The Morgan fingerprint density at radius 1 is 1.40 bits per heavy atom. The summed E-state index contributed by atoms with van der Waals surface area (Å²) in [7, 11) is 1.80. The number of aromatic nitrogens is 2. The van der Waals surface area contributed by atoms with Crippen LogP contribution in [0.15, 0.2) is 24.3 Å². The zero-order valence-electron chi connectivity index (χ0n) is 11.7. The molecule has 0 atom stereocenters. The number of amides is 1. The number of nitrogens with zero attached hydrogens (tertiary/aromatic N) is 2. The van der Waals surface area contributed by atoms with Crippen molar-refractivity contribution in [3.05, 3.63) is 30.1 Å². The van der Waals surface area contributed by atoms with Crippen LogP contribution in [0.25, 0.3) is 11.0 Å². The van der Waals surface area contributed by atoms with Gasteiger partial charge in [-0.15, -0.1) is 0 Å². The second kappa shape index (κ2) is 5.63. The van der Waals surface area contributed by atoms with E-state index in [-0.39, 0.29) is 5.91 Å². The van der Waals surface area contributed by atoms with Gasteiger partial charge in [-0.1, -0.05) is 12.1 Å². The maximum absolute atomic E-state index is 11.8. The van der Waals surface area contributed by atoms with E-state index in [4.69, 9.17) is 0 Å². The minimum atomic E-state index is 0.190. The molecule has 0 spiro atoms. The largest absolute Gasteiger partial charge is 0.342 e. The molecule has 0 bridgehead atoms. The molecule has 0 saturated carbocycles. The number of rotatable bonds is 3. The quantitative estimate of drug-likeness (QED) is 0.890. The number of benzene rings is 1. The lowest BCUT2D eigenvalue weighted by molar-refractivity contribution is -0.131. The molecule has 1 aromatic heterocycles. The summed E-state index contributed by atoms with van der Waals surface area (Å²) >= 11 is 0. The molecule has 1 amide bonds. The van der Waals surface area contributed by atoms with E-state index in [0.29, 0.717) is 12.5 Å². The van der Waals surface area contributed by atoms with E-state index in [1.807, 2.05) is 23.1 Å². The smallest absolute Gasteiger partial charge is 0.236 e. The van der Waals surface area contributed by atoms with Gasteiger partial charge in [-0.2, -0.15) is 0 Å². The van der Waals surface area contributed by atoms with Crippen LogP contribution in [-0.4, -0.2) is 47.5 Å². The van der Waals surface area contributed by atoms with Crippen molar-refractivity contribution in [3.8, 4) is 0 Å². The molecule has 2 heterocycles. The van der Waals surface area contributed by atoms with Crippen molar-refractivity contribution < 1.29 is 4.79 Å². The Balaban J connectivity index is 1.67. The fraction of sp³-hybridized carbons (Fsp3) is 0.467. The summed E-state index contributed by atoms with van der Waals surface area (Å²) < 4.78 is 0. The Morgan fingerprint density at radius 2 is 2.15 bits per heavy atom. The summed E-state index contributed by atoms with van der Waals surface area (Å²) in [6, 6.07) is 8.10. The lowest BCUT2D eigenvalue weighted by Crippen LogP contribution is -2.42. The van der Waals surface area contributed by atoms with E-state index in [1.54, 1.807) is 7.05 Å². The fourth-order valence-corrected chi connectivity index (χ4v) is 2.83. The molecular formula is C15H20N4O. The van der Waals surface area contributed by atoms with Crippen molar-refractivity contribution in [3.63, 3.8) is 0 Å². The average molecular weight is 272 g/mol. The Labute approximate surface area is 118 Å². The minimum Gasteiger partial charge on any atom is -0.342 e. The lowest BCUT2D eigenvalue weighted by Gasteiger charge is -2.31. The molecule has 5 heteroatoms. The molecule has 106 valence electrons. The van der Waals surface area contributed by atoms with Crippen molar-refractivity contribution >= 4 is 16.9 Å². The van der Waals surface area contributed by atoms with Crippen molar-refractivity contribution in [1.29, 1.82) is 0 Å². The lowest BCUT2D eigenvalue weighted by atomic mass is 9.96. The monoisotopic (exact) mass is 272 g/mol. The highest BCUT2D eigenvalue weighted by Crippen LogP contribution is 2.27. The summed E-state index contributed by atoms with van der Waals surface area (Å²) in [6.07, 6.45) is 1.96. The Hall–Kier alpha value is -1.88. The van der Waals surface area contributed by atoms with E-state index in [0.717, 1.165) is 42.8 Å². The van der Waals surface area contributed by atoms with E-state index in [1.165, 1.54) is 0 Å². The highest BCUT2D eigenvalue weighted by molar-refractivity contribution is 5.78. The van der Waals surface area contributed by atoms with Gasteiger partial charge in [0.25, 0.3) is 0 Å². The molecule has 1 aliphatic rings. The van der Waals surface area contributed by atoms with Crippen LogP contribution in [-0.2, 0) is 4.79 Å². The first-order chi connectivity index (χ1) is 9.78. The van der Waals surface area contributed by atoms with Crippen molar-refractivity contribution in [1.82, 2.24) is 20.2 Å². The predicted molar refractivity (Wildman–Crippen MR) is 78.6 cm³/mol. The van der Waals surface area contributed by atoms with Gasteiger partial charge in [-0.3, -0.25) is 4.79 Å². The number of hydrogen-bond acceptors (Lipinski definition) is 3. The van der Waals surface area contributed by atoms with E-state index >= 15 is 0 Å². The van der Waals surface area contributed by atoms with Crippen LogP contribution in [0.3, 0.4) is 0 Å². The minimum absolute atomic E-state index is 0.190. The van der Waals surface area contributed by atoms with Gasteiger partial charge in [0.05, 0.1) is 17.6 Å². The summed E-state index contributed by atoms with van der Waals surface area (Å²) in [5.74, 6) is 1.68. The summed E-state index contributed by atoms with van der Waals surface area (Å²) in [4.78, 5) is 21.8. The van der Waals surface area contributed by atoms with Gasteiger partial charge in [0.2, 0.25) is 5.91 Å².